The summed E-state index contributed by atoms with van der Waals surface area (Å²) in [6.07, 6.45) is 1.97. The van der Waals surface area contributed by atoms with Crippen LogP contribution in [0.4, 0.5) is 17.1 Å². The smallest absolute Gasteiger partial charge is 0.159 e. The van der Waals surface area contributed by atoms with Crippen LogP contribution in [0.3, 0.4) is 0 Å². The Hall–Kier alpha value is -7.56. The van der Waals surface area contributed by atoms with Crippen LogP contribution in [0.25, 0.3) is 55.7 Å². The van der Waals surface area contributed by atoms with Gasteiger partial charge >= 0.3 is 0 Å². The summed E-state index contributed by atoms with van der Waals surface area (Å²) in [6, 6.07) is 73.0. The van der Waals surface area contributed by atoms with Gasteiger partial charge in [0.15, 0.2) is 5.82 Å². The van der Waals surface area contributed by atoms with E-state index in [0.717, 1.165) is 55.8 Å². The molecule has 0 atom stereocenters. The molecule has 8 aromatic carbocycles. The van der Waals surface area contributed by atoms with Gasteiger partial charge in [-0.15, -0.1) is 0 Å². The van der Waals surface area contributed by atoms with E-state index < -0.39 is 5.41 Å². The van der Waals surface area contributed by atoms with Gasteiger partial charge in [0.05, 0.1) is 23.0 Å². The van der Waals surface area contributed by atoms with Crippen molar-refractivity contribution in [2.75, 3.05) is 4.90 Å². The number of rotatable bonds is 7. The summed E-state index contributed by atoms with van der Waals surface area (Å²) in [7, 11) is 0. The van der Waals surface area contributed by atoms with Crippen LogP contribution < -0.4 is 4.90 Å². The molecule has 0 spiro atoms. The summed E-state index contributed by atoms with van der Waals surface area (Å²) in [6.45, 7) is 0. The number of furan rings is 1. The molecule has 1 aliphatic rings. The van der Waals surface area contributed by atoms with Gasteiger partial charge < -0.3 is 9.32 Å². The third kappa shape index (κ3) is 5.22. The highest BCUT2D eigenvalue weighted by atomic mass is 16.3. The molecule has 0 aliphatic heterocycles. The highest BCUT2D eigenvalue weighted by Gasteiger charge is 2.45. The van der Waals surface area contributed by atoms with Crippen molar-refractivity contribution in [3.8, 4) is 33.8 Å². The van der Waals surface area contributed by atoms with E-state index >= 15 is 0 Å². The van der Waals surface area contributed by atoms with Gasteiger partial charge in [-0.3, -0.25) is 0 Å². The van der Waals surface area contributed by atoms with Crippen molar-refractivity contribution in [2.45, 2.75) is 5.41 Å². The molecule has 0 N–H and O–H groups in total. The Balaban J connectivity index is 1.15. The number of para-hydroxylation sites is 1. The molecule has 11 rings (SSSR count). The van der Waals surface area contributed by atoms with Crippen LogP contribution >= 0.6 is 0 Å². The van der Waals surface area contributed by atoms with Crippen molar-refractivity contribution in [2.24, 2.45) is 0 Å². The predicted octanol–water partition coefficient (Wildman–Crippen LogP) is 13.5. The Kier molecular flexibility index (Phi) is 7.68. The molecule has 0 unspecified atom stereocenters. The molecular formula is C53H35N3O. The molecule has 10 aromatic rings. The summed E-state index contributed by atoms with van der Waals surface area (Å²) >= 11 is 0. The first-order valence-corrected chi connectivity index (χ1v) is 19.3. The lowest BCUT2D eigenvalue weighted by atomic mass is 9.68. The second-order valence-electron chi connectivity index (χ2n) is 14.5. The Morgan fingerprint density at radius 1 is 0.439 bits per heavy atom. The first-order valence-electron chi connectivity index (χ1n) is 19.3. The van der Waals surface area contributed by atoms with Crippen LogP contribution in [0, 0.1) is 0 Å². The number of fused-ring (bicyclic) bond motifs is 6. The van der Waals surface area contributed by atoms with Crippen molar-refractivity contribution < 1.29 is 4.42 Å². The lowest BCUT2D eigenvalue weighted by molar-refractivity contribution is 0.669. The number of hydrogen-bond acceptors (Lipinski definition) is 4. The molecule has 2 aromatic heterocycles. The standard InChI is InChI=1S/C53H35N3O/c1-4-16-36(17-5-1)51-48(35-54-52(55-51)37-18-6-2-7-19-37)56(41-32-33-50-45(34-41)44-24-12-15-27-49(44)57-50)40-30-28-39(29-31-40)53(38-20-8-3-9-21-38)46-25-13-10-22-42(46)43-23-11-14-26-47(43)53/h1-35H. The Labute approximate surface area is 331 Å². The number of anilines is 3. The van der Waals surface area contributed by atoms with Crippen LogP contribution in [0.2, 0.25) is 0 Å². The minimum atomic E-state index is -0.498. The minimum absolute atomic E-state index is 0.498. The molecule has 0 saturated heterocycles. The van der Waals surface area contributed by atoms with Gasteiger partial charge in [-0.25, -0.2) is 9.97 Å². The van der Waals surface area contributed by atoms with Crippen LogP contribution in [0.1, 0.15) is 22.3 Å². The van der Waals surface area contributed by atoms with Crippen molar-refractivity contribution in [3.05, 3.63) is 235 Å². The molecule has 268 valence electrons. The Morgan fingerprint density at radius 2 is 0.982 bits per heavy atom. The van der Waals surface area contributed by atoms with Crippen LogP contribution in [0.5, 0.6) is 0 Å². The highest BCUT2D eigenvalue weighted by Crippen LogP contribution is 2.56. The van der Waals surface area contributed by atoms with E-state index in [0.29, 0.717) is 5.82 Å². The molecular weight excluding hydrogens is 695 g/mol. The summed E-state index contributed by atoms with van der Waals surface area (Å²) < 4.78 is 6.30. The van der Waals surface area contributed by atoms with Crippen LogP contribution in [-0.4, -0.2) is 9.97 Å². The third-order valence-corrected chi connectivity index (χ3v) is 11.4. The molecule has 4 heteroatoms. The Bertz CT molecular complexity index is 3020. The monoisotopic (exact) mass is 729 g/mol. The van der Waals surface area contributed by atoms with Crippen molar-refractivity contribution in [3.63, 3.8) is 0 Å². The Morgan fingerprint density at radius 3 is 1.68 bits per heavy atom. The summed E-state index contributed by atoms with van der Waals surface area (Å²) in [5, 5.41) is 2.13. The molecule has 0 saturated carbocycles. The molecule has 2 heterocycles. The summed E-state index contributed by atoms with van der Waals surface area (Å²) in [5.74, 6) is 0.674. The summed E-state index contributed by atoms with van der Waals surface area (Å²) in [4.78, 5) is 12.6. The van der Waals surface area contributed by atoms with E-state index in [-0.39, 0.29) is 0 Å². The van der Waals surface area contributed by atoms with E-state index in [1.807, 2.05) is 42.6 Å². The van der Waals surface area contributed by atoms with Crippen molar-refractivity contribution in [1.82, 2.24) is 9.97 Å². The SMILES string of the molecule is c1ccc(-c2ncc(N(c3ccc(C4(c5ccccc5)c5ccccc5-c5ccccc54)cc3)c3ccc4oc5ccccc5c4c3)c(-c3ccccc3)n2)cc1. The van der Waals surface area contributed by atoms with Crippen molar-refractivity contribution in [1.29, 1.82) is 0 Å². The molecule has 0 radical (unpaired) electrons. The number of benzene rings is 8. The summed E-state index contributed by atoms with van der Waals surface area (Å²) in [5.41, 5.74) is 14.4. The fraction of sp³-hybridized carbons (Fsp3) is 0.0189. The third-order valence-electron chi connectivity index (χ3n) is 11.4. The van der Waals surface area contributed by atoms with Gasteiger partial charge in [0, 0.05) is 33.3 Å². The maximum Gasteiger partial charge on any atom is 0.159 e. The predicted molar refractivity (Wildman–Crippen MR) is 232 cm³/mol. The molecule has 0 fully saturated rings. The van der Waals surface area contributed by atoms with E-state index in [9.17, 15) is 0 Å². The van der Waals surface area contributed by atoms with Crippen LogP contribution in [-0.2, 0) is 5.41 Å². The van der Waals surface area contributed by atoms with Crippen molar-refractivity contribution >= 4 is 39.0 Å². The fourth-order valence-corrected chi connectivity index (χ4v) is 8.93. The quantitative estimate of drug-likeness (QED) is 0.164. The van der Waals surface area contributed by atoms with Crippen LogP contribution in [0.15, 0.2) is 217 Å². The van der Waals surface area contributed by atoms with E-state index in [1.165, 1.54) is 33.4 Å². The second-order valence-corrected chi connectivity index (χ2v) is 14.5. The average molecular weight is 730 g/mol. The average Bonchev–Trinajstić information content (AvgIpc) is 3.81. The lowest BCUT2D eigenvalue weighted by Crippen LogP contribution is -2.28. The zero-order valence-corrected chi connectivity index (χ0v) is 31.0. The molecule has 1 aliphatic carbocycles. The first kappa shape index (κ1) is 32.8. The minimum Gasteiger partial charge on any atom is -0.456 e. The van der Waals surface area contributed by atoms with Gasteiger partial charge in [0.25, 0.3) is 0 Å². The van der Waals surface area contributed by atoms with Gasteiger partial charge in [0.2, 0.25) is 0 Å². The molecule has 57 heavy (non-hydrogen) atoms. The second kappa shape index (κ2) is 13.3. The van der Waals surface area contributed by atoms with E-state index in [4.69, 9.17) is 14.4 Å². The number of nitrogens with zero attached hydrogens (tertiary/aromatic N) is 3. The van der Waals surface area contributed by atoms with Gasteiger partial charge in [-0.2, -0.15) is 0 Å². The molecule has 4 nitrogen and oxygen atoms in total. The van der Waals surface area contributed by atoms with Gasteiger partial charge in [0.1, 0.15) is 11.2 Å². The lowest BCUT2D eigenvalue weighted by Gasteiger charge is -2.34. The maximum atomic E-state index is 6.30. The topological polar surface area (TPSA) is 42.2 Å². The zero-order chi connectivity index (χ0) is 37.8. The molecule has 0 bridgehead atoms. The zero-order valence-electron chi connectivity index (χ0n) is 31.0. The molecule has 0 amide bonds. The number of hydrogen-bond donors (Lipinski definition) is 0. The largest absolute Gasteiger partial charge is 0.456 e. The fourth-order valence-electron chi connectivity index (χ4n) is 8.93. The van der Waals surface area contributed by atoms with Gasteiger partial charge in [-0.05, 0) is 69.8 Å². The normalized spacial score (nSPS) is 12.7. The number of aromatic nitrogens is 2. The first-order chi connectivity index (χ1) is 28.3. The van der Waals surface area contributed by atoms with E-state index in [2.05, 4.69) is 175 Å². The van der Waals surface area contributed by atoms with Gasteiger partial charge in [-0.1, -0.05) is 170 Å². The van der Waals surface area contributed by atoms with E-state index in [1.54, 1.807) is 0 Å². The highest BCUT2D eigenvalue weighted by molar-refractivity contribution is 6.06. The maximum absolute atomic E-state index is 6.30.